The first-order valence-corrected chi connectivity index (χ1v) is 6.37. The van der Waals surface area contributed by atoms with Crippen molar-refractivity contribution in [3.05, 3.63) is 12.7 Å². The number of carboxylic acid groups (broad SMARTS) is 1. The average molecular weight is 288 g/mol. The number of aliphatic hydroxyl groups is 1. The molecule has 0 spiro atoms. The SMILES string of the molecule is C=CC[C@](CCCN=C(N)N)(C(=O)O)N(O)CCCO. The Morgan fingerprint density at radius 3 is 2.50 bits per heavy atom. The molecule has 8 heteroatoms. The minimum absolute atomic E-state index is 0.0545. The Kier molecular flexibility index (Phi) is 8.53. The second kappa shape index (κ2) is 9.29. The molecule has 0 unspecified atom stereocenters. The van der Waals surface area contributed by atoms with Gasteiger partial charge < -0.3 is 26.9 Å². The van der Waals surface area contributed by atoms with Crippen molar-refractivity contribution in [1.29, 1.82) is 0 Å². The van der Waals surface area contributed by atoms with Crippen molar-refractivity contribution in [3.8, 4) is 0 Å². The number of carbonyl (C=O) groups is 1. The van der Waals surface area contributed by atoms with E-state index < -0.39 is 11.5 Å². The van der Waals surface area contributed by atoms with Crippen molar-refractivity contribution < 1.29 is 20.2 Å². The van der Waals surface area contributed by atoms with Crippen LogP contribution >= 0.6 is 0 Å². The molecule has 0 aliphatic rings. The summed E-state index contributed by atoms with van der Waals surface area (Å²) in [5.74, 6) is -1.21. The van der Waals surface area contributed by atoms with Gasteiger partial charge in [-0.15, -0.1) is 6.58 Å². The van der Waals surface area contributed by atoms with Crippen molar-refractivity contribution >= 4 is 11.9 Å². The molecular formula is C12H24N4O4. The molecular weight excluding hydrogens is 264 g/mol. The predicted octanol–water partition coefficient (Wildman–Crippen LogP) is -0.487. The van der Waals surface area contributed by atoms with Crippen molar-refractivity contribution in [2.24, 2.45) is 16.5 Å². The van der Waals surface area contributed by atoms with Gasteiger partial charge >= 0.3 is 5.97 Å². The van der Waals surface area contributed by atoms with Crippen LogP contribution in [0, 0.1) is 0 Å². The molecule has 0 aromatic heterocycles. The normalized spacial score (nSPS) is 13.8. The number of hydrogen-bond donors (Lipinski definition) is 5. The number of aliphatic imine (C=N–C) groups is 1. The van der Waals surface area contributed by atoms with Crippen molar-refractivity contribution in [2.45, 2.75) is 31.2 Å². The summed E-state index contributed by atoms with van der Waals surface area (Å²) < 4.78 is 0. The van der Waals surface area contributed by atoms with Gasteiger partial charge in [-0.1, -0.05) is 6.08 Å². The van der Waals surface area contributed by atoms with Gasteiger partial charge in [0.25, 0.3) is 0 Å². The summed E-state index contributed by atoms with van der Waals surface area (Å²) in [4.78, 5) is 15.3. The van der Waals surface area contributed by atoms with E-state index >= 15 is 0 Å². The smallest absolute Gasteiger partial charge is 0.326 e. The minimum Gasteiger partial charge on any atom is -0.480 e. The molecule has 0 saturated carbocycles. The van der Waals surface area contributed by atoms with Crippen LogP contribution in [0.1, 0.15) is 25.7 Å². The highest BCUT2D eigenvalue weighted by molar-refractivity contribution is 5.79. The zero-order chi connectivity index (χ0) is 15.6. The lowest BCUT2D eigenvalue weighted by molar-refractivity contribution is -0.200. The Bertz CT molecular complexity index is 344. The molecule has 0 aliphatic carbocycles. The summed E-state index contributed by atoms with van der Waals surface area (Å²) in [6.07, 6.45) is 2.35. The molecule has 116 valence electrons. The summed E-state index contributed by atoms with van der Waals surface area (Å²) in [6, 6.07) is 0. The molecule has 0 radical (unpaired) electrons. The number of carboxylic acids is 1. The van der Waals surface area contributed by atoms with Crippen LogP contribution in [0.15, 0.2) is 17.6 Å². The number of aliphatic hydroxyl groups excluding tert-OH is 1. The maximum absolute atomic E-state index is 11.5. The van der Waals surface area contributed by atoms with E-state index in [4.69, 9.17) is 16.6 Å². The molecule has 0 bridgehead atoms. The zero-order valence-corrected chi connectivity index (χ0v) is 11.5. The molecule has 0 aliphatic heterocycles. The lowest BCUT2D eigenvalue weighted by Gasteiger charge is -2.35. The van der Waals surface area contributed by atoms with Gasteiger partial charge in [0.2, 0.25) is 0 Å². The molecule has 7 N–H and O–H groups in total. The highest BCUT2D eigenvalue weighted by Crippen LogP contribution is 2.26. The van der Waals surface area contributed by atoms with Gasteiger partial charge in [-0.2, -0.15) is 5.06 Å². The number of guanidine groups is 1. The second-order valence-electron chi connectivity index (χ2n) is 4.44. The Morgan fingerprint density at radius 2 is 2.05 bits per heavy atom. The van der Waals surface area contributed by atoms with E-state index in [-0.39, 0.29) is 44.9 Å². The first-order chi connectivity index (χ1) is 9.40. The number of nitrogens with zero attached hydrogens (tertiary/aromatic N) is 2. The average Bonchev–Trinajstić information content (AvgIpc) is 2.38. The third-order valence-corrected chi connectivity index (χ3v) is 2.95. The van der Waals surface area contributed by atoms with Gasteiger partial charge in [-0.25, -0.2) is 0 Å². The highest BCUT2D eigenvalue weighted by Gasteiger charge is 2.42. The lowest BCUT2D eigenvalue weighted by Crippen LogP contribution is -2.53. The molecule has 0 amide bonds. The quantitative estimate of drug-likeness (QED) is 0.113. The second-order valence-corrected chi connectivity index (χ2v) is 4.44. The van der Waals surface area contributed by atoms with E-state index in [1.807, 2.05) is 0 Å². The van der Waals surface area contributed by atoms with E-state index in [0.29, 0.717) is 6.42 Å². The monoisotopic (exact) mass is 288 g/mol. The van der Waals surface area contributed by atoms with Gasteiger partial charge in [-0.3, -0.25) is 9.79 Å². The number of hydrogen-bond acceptors (Lipinski definition) is 5. The molecule has 0 fully saturated rings. The van der Waals surface area contributed by atoms with Crippen LogP contribution in [0.25, 0.3) is 0 Å². The first-order valence-electron chi connectivity index (χ1n) is 6.37. The Morgan fingerprint density at radius 1 is 1.40 bits per heavy atom. The Hall–Kier alpha value is -1.64. The third kappa shape index (κ3) is 5.55. The summed E-state index contributed by atoms with van der Waals surface area (Å²) in [7, 11) is 0. The molecule has 0 saturated heterocycles. The van der Waals surface area contributed by atoms with E-state index in [1.165, 1.54) is 6.08 Å². The summed E-state index contributed by atoms with van der Waals surface area (Å²) in [6.45, 7) is 3.73. The predicted molar refractivity (Wildman–Crippen MR) is 75.3 cm³/mol. The van der Waals surface area contributed by atoms with E-state index in [9.17, 15) is 15.1 Å². The Labute approximate surface area is 118 Å². The van der Waals surface area contributed by atoms with Gasteiger partial charge in [0.15, 0.2) is 5.96 Å². The number of hydroxylamine groups is 2. The largest absolute Gasteiger partial charge is 0.480 e. The topological polar surface area (TPSA) is 145 Å². The molecule has 8 nitrogen and oxygen atoms in total. The summed E-state index contributed by atoms with van der Waals surface area (Å²) in [5.41, 5.74) is 8.91. The fourth-order valence-corrected chi connectivity index (χ4v) is 1.89. The summed E-state index contributed by atoms with van der Waals surface area (Å²) in [5, 5.41) is 29.0. The molecule has 20 heavy (non-hydrogen) atoms. The van der Waals surface area contributed by atoms with Crippen LogP contribution in [0.3, 0.4) is 0 Å². The number of rotatable bonds is 11. The maximum Gasteiger partial charge on any atom is 0.326 e. The van der Waals surface area contributed by atoms with Crippen LogP contribution in [0.4, 0.5) is 0 Å². The molecule has 1 atom stereocenters. The van der Waals surface area contributed by atoms with E-state index in [2.05, 4.69) is 11.6 Å². The highest BCUT2D eigenvalue weighted by atomic mass is 16.5. The molecule has 0 aromatic rings. The van der Waals surface area contributed by atoms with Crippen molar-refractivity contribution in [2.75, 3.05) is 19.7 Å². The van der Waals surface area contributed by atoms with Crippen molar-refractivity contribution in [3.63, 3.8) is 0 Å². The number of aliphatic carboxylic acids is 1. The van der Waals surface area contributed by atoms with Crippen LogP contribution in [-0.2, 0) is 4.79 Å². The minimum atomic E-state index is -1.48. The fourth-order valence-electron chi connectivity index (χ4n) is 1.89. The van der Waals surface area contributed by atoms with E-state index in [0.717, 1.165) is 5.06 Å². The van der Waals surface area contributed by atoms with Gasteiger partial charge in [0.1, 0.15) is 5.54 Å². The molecule has 0 aromatic carbocycles. The maximum atomic E-state index is 11.5. The summed E-state index contributed by atoms with van der Waals surface area (Å²) >= 11 is 0. The van der Waals surface area contributed by atoms with Crippen LogP contribution in [-0.4, -0.2) is 57.6 Å². The third-order valence-electron chi connectivity index (χ3n) is 2.95. The Balaban J connectivity index is 4.87. The fraction of sp³-hybridized carbons (Fsp3) is 0.667. The van der Waals surface area contributed by atoms with Crippen LogP contribution in [0.2, 0.25) is 0 Å². The lowest BCUT2D eigenvalue weighted by atomic mass is 9.88. The van der Waals surface area contributed by atoms with Crippen LogP contribution in [0.5, 0.6) is 0 Å². The van der Waals surface area contributed by atoms with Gasteiger partial charge in [-0.05, 0) is 25.7 Å². The first kappa shape index (κ1) is 18.4. The molecule has 0 heterocycles. The zero-order valence-electron chi connectivity index (χ0n) is 11.5. The van der Waals surface area contributed by atoms with Crippen LogP contribution < -0.4 is 11.5 Å². The van der Waals surface area contributed by atoms with E-state index in [1.54, 1.807) is 0 Å². The standard InChI is InChI=1S/C12H24N4O4/c1-2-5-12(10(18)19,16(20)8-4-9-17)6-3-7-15-11(13)14/h2,17,20H,1,3-9H2,(H,18,19)(H4,13,14,15)/t12-/m0/s1. The molecule has 0 rings (SSSR count). The van der Waals surface area contributed by atoms with Gasteiger partial charge in [0, 0.05) is 19.7 Å². The van der Waals surface area contributed by atoms with Crippen molar-refractivity contribution in [1.82, 2.24) is 5.06 Å². The number of nitrogens with two attached hydrogens (primary N) is 2. The van der Waals surface area contributed by atoms with Gasteiger partial charge in [0.05, 0.1) is 0 Å².